The average molecular weight is 391 g/mol. The van der Waals surface area contributed by atoms with Crippen molar-refractivity contribution in [2.24, 2.45) is 0 Å². The molecule has 0 saturated carbocycles. The number of hydrogen-bond acceptors (Lipinski definition) is 2. The van der Waals surface area contributed by atoms with Gasteiger partial charge in [-0.2, -0.15) is 0 Å². The van der Waals surface area contributed by atoms with E-state index in [4.69, 9.17) is 0 Å². The van der Waals surface area contributed by atoms with E-state index in [1.807, 2.05) is 50.8 Å². The first-order valence-electron chi connectivity index (χ1n) is 7.85. The average Bonchev–Trinajstić information content (AvgIpc) is 2.49. The standard InChI is InChI=1S/2C5H5N.2C4H11Si.Ni/c2*1-2-4-6-5-3-1;2*1-5(2,3)4;/h2*1-5H;2*1H2,2-4H3;. The zero-order valence-corrected chi connectivity index (χ0v) is 18.4. The van der Waals surface area contributed by atoms with Gasteiger partial charge in [0, 0.05) is 24.8 Å². The van der Waals surface area contributed by atoms with E-state index in [-0.39, 0.29) is 0 Å². The van der Waals surface area contributed by atoms with Crippen molar-refractivity contribution in [1.29, 1.82) is 0 Å². The van der Waals surface area contributed by atoms with Crippen molar-refractivity contribution >= 4 is 16.1 Å². The van der Waals surface area contributed by atoms with E-state index < -0.39 is 16.1 Å². The van der Waals surface area contributed by atoms with Crippen LogP contribution in [0.15, 0.2) is 61.2 Å². The molecule has 2 aromatic heterocycles. The summed E-state index contributed by atoms with van der Waals surface area (Å²) >= 11 is 2.02. The van der Waals surface area contributed by atoms with Crippen LogP contribution in [0.4, 0.5) is 0 Å². The summed E-state index contributed by atoms with van der Waals surface area (Å²) in [7, 11) is -1.53. The first kappa shape index (κ1) is 22.2. The fourth-order valence-electron chi connectivity index (χ4n) is 1.14. The molecule has 0 N–H and O–H groups in total. The minimum absolute atomic E-state index is 0.763. The Balaban J connectivity index is 0.000000339. The molecular formula is C18H32N2NiSi2. The van der Waals surface area contributed by atoms with Gasteiger partial charge in [-0.25, -0.2) is 0 Å². The minimum atomic E-state index is -0.763. The molecule has 23 heavy (non-hydrogen) atoms. The predicted octanol–water partition coefficient (Wildman–Crippen LogP) is 5.82. The van der Waals surface area contributed by atoms with Gasteiger partial charge in [-0.15, -0.1) is 0 Å². The van der Waals surface area contributed by atoms with E-state index in [2.05, 4.69) is 49.3 Å². The van der Waals surface area contributed by atoms with Crippen LogP contribution in [0.1, 0.15) is 0 Å². The fourth-order valence-corrected chi connectivity index (χ4v) is 7.96. The van der Waals surface area contributed by atoms with Gasteiger partial charge >= 0.3 is 79.9 Å². The summed E-state index contributed by atoms with van der Waals surface area (Å²) in [6, 6.07) is 11.4. The van der Waals surface area contributed by atoms with E-state index in [9.17, 15) is 0 Å². The number of pyridine rings is 2. The van der Waals surface area contributed by atoms with Crippen LogP contribution < -0.4 is 0 Å². The molecule has 0 aliphatic rings. The monoisotopic (exact) mass is 390 g/mol. The Morgan fingerprint density at radius 3 is 1.00 bits per heavy atom. The summed E-state index contributed by atoms with van der Waals surface area (Å²) in [5.41, 5.74) is 0. The van der Waals surface area contributed by atoms with Crippen molar-refractivity contribution < 1.29 is 14.4 Å². The van der Waals surface area contributed by atoms with Gasteiger partial charge in [-0.3, -0.25) is 9.97 Å². The maximum Gasteiger partial charge on any atom is 0.0267 e. The smallest absolute Gasteiger partial charge is 0.0267 e. The van der Waals surface area contributed by atoms with Crippen molar-refractivity contribution in [3.05, 3.63) is 61.2 Å². The molecule has 0 amide bonds. The molecule has 2 rings (SSSR count). The van der Waals surface area contributed by atoms with E-state index in [1.165, 1.54) is 10.0 Å². The van der Waals surface area contributed by atoms with Gasteiger partial charge in [-0.05, 0) is 24.3 Å². The summed E-state index contributed by atoms with van der Waals surface area (Å²) in [6.07, 6.45) is 7.00. The zero-order chi connectivity index (χ0) is 17.6. The maximum absolute atomic E-state index is 3.78. The third-order valence-corrected chi connectivity index (χ3v) is 11.4. The summed E-state index contributed by atoms with van der Waals surface area (Å²) in [6.45, 7) is 14.7. The third-order valence-electron chi connectivity index (χ3n) is 1.96. The molecule has 0 saturated heterocycles. The van der Waals surface area contributed by atoms with Crippen LogP contribution in [0.3, 0.4) is 0 Å². The molecule has 2 aromatic rings. The van der Waals surface area contributed by atoms with E-state index in [0.29, 0.717) is 0 Å². The van der Waals surface area contributed by atoms with Crippen LogP contribution >= 0.6 is 0 Å². The van der Waals surface area contributed by atoms with Gasteiger partial charge < -0.3 is 0 Å². The van der Waals surface area contributed by atoms with Crippen LogP contribution in [-0.4, -0.2) is 26.1 Å². The number of nitrogens with zero attached hydrogens (tertiary/aromatic N) is 2. The predicted molar refractivity (Wildman–Crippen MR) is 105 cm³/mol. The van der Waals surface area contributed by atoms with E-state index in [0.717, 1.165) is 0 Å². The van der Waals surface area contributed by atoms with Crippen molar-refractivity contribution in [2.45, 2.75) is 49.3 Å². The largest absolute Gasteiger partial charge is 0.265 e. The third kappa shape index (κ3) is 21.2. The van der Waals surface area contributed by atoms with Gasteiger partial charge in [-0.1, -0.05) is 12.1 Å². The van der Waals surface area contributed by atoms with Gasteiger partial charge in [0.05, 0.1) is 0 Å². The summed E-state index contributed by atoms with van der Waals surface area (Å²) in [4.78, 5) is 7.57. The molecular weight excluding hydrogens is 359 g/mol. The minimum Gasteiger partial charge on any atom is -0.265 e. The second-order valence-electron chi connectivity index (χ2n) is 7.55. The van der Waals surface area contributed by atoms with Crippen LogP contribution in [0, 0.1) is 0 Å². The van der Waals surface area contributed by atoms with Crippen molar-refractivity contribution in [3.63, 3.8) is 0 Å². The molecule has 132 valence electrons. The molecule has 0 radical (unpaired) electrons. The Kier molecular flexibility index (Phi) is 12.2. The number of rotatable bonds is 4. The van der Waals surface area contributed by atoms with Gasteiger partial charge in [0.2, 0.25) is 0 Å². The Hall–Kier alpha value is -0.773. The topological polar surface area (TPSA) is 25.8 Å². The molecule has 2 heterocycles. The van der Waals surface area contributed by atoms with Crippen LogP contribution in [0.5, 0.6) is 0 Å². The molecule has 0 aliphatic carbocycles. The van der Waals surface area contributed by atoms with Crippen LogP contribution in [-0.2, 0) is 14.4 Å². The van der Waals surface area contributed by atoms with Gasteiger partial charge in [0.15, 0.2) is 0 Å². The zero-order valence-electron chi connectivity index (χ0n) is 15.4. The maximum atomic E-state index is 3.78. The molecule has 0 spiro atoms. The number of aromatic nitrogens is 2. The molecule has 0 unspecified atom stereocenters. The summed E-state index contributed by atoms with van der Waals surface area (Å²) in [5, 5.41) is 2.93. The normalized spacial score (nSPS) is 10.9. The van der Waals surface area contributed by atoms with E-state index in [1.54, 1.807) is 24.8 Å². The van der Waals surface area contributed by atoms with Crippen molar-refractivity contribution in [2.75, 3.05) is 0 Å². The second kappa shape index (κ2) is 12.6. The van der Waals surface area contributed by atoms with Crippen molar-refractivity contribution in [1.82, 2.24) is 9.97 Å². The van der Waals surface area contributed by atoms with Crippen LogP contribution in [0.25, 0.3) is 0 Å². The summed E-state index contributed by atoms with van der Waals surface area (Å²) in [5.74, 6) is 0. The fraction of sp³-hybridized carbons (Fsp3) is 0.444. The van der Waals surface area contributed by atoms with Gasteiger partial charge in [0.25, 0.3) is 0 Å². The molecule has 5 heteroatoms. The number of hydrogen-bond donors (Lipinski definition) is 0. The first-order valence-corrected chi connectivity index (χ1v) is 16.7. The Morgan fingerprint density at radius 2 is 0.870 bits per heavy atom. The first-order chi connectivity index (χ1) is 10.7. The molecule has 0 bridgehead atoms. The Bertz CT molecular complexity index is 369. The molecule has 2 nitrogen and oxygen atoms in total. The Labute approximate surface area is 151 Å². The quantitative estimate of drug-likeness (QED) is 0.614. The SMILES string of the molecule is C[Si](C)(C)[CH2][Ni][CH2][Si](C)(C)C.c1ccncc1.c1ccncc1. The van der Waals surface area contributed by atoms with Crippen LogP contribution in [0.2, 0.25) is 49.3 Å². The summed E-state index contributed by atoms with van der Waals surface area (Å²) < 4.78 is 0. The second-order valence-corrected chi connectivity index (χ2v) is 20.8. The molecule has 0 aliphatic heterocycles. The van der Waals surface area contributed by atoms with Gasteiger partial charge in [0.1, 0.15) is 0 Å². The Morgan fingerprint density at radius 1 is 0.565 bits per heavy atom. The molecule has 0 fully saturated rings. The molecule has 0 aromatic carbocycles. The van der Waals surface area contributed by atoms with E-state index >= 15 is 0 Å². The molecule has 0 atom stereocenters. The van der Waals surface area contributed by atoms with Crippen molar-refractivity contribution in [3.8, 4) is 0 Å².